The Bertz CT molecular complexity index is 902. The number of primary amides is 1. The summed E-state index contributed by atoms with van der Waals surface area (Å²) in [6.07, 6.45) is 0. The van der Waals surface area contributed by atoms with Crippen molar-refractivity contribution in [2.75, 3.05) is 0 Å². The third-order valence-corrected chi connectivity index (χ3v) is 3.61. The Labute approximate surface area is 141 Å². The van der Waals surface area contributed by atoms with Crippen molar-refractivity contribution in [1.29, 1.82) is 0 Å². The lowest BCUT2D eigenvalue weighted by atomic mass is 10.1. The maximum Gasteiger partial charge on any atom is 0.267 e. The average Bonchev–Trinajstić information content (AvgIpc) is 3.16. The molecule has 0 unspecified atom stereocenters. The van der Waals surface area contributed by atoms with Crippen LogP contribution in [0.3, 0.4) is 0 Å². The number of nitrogens with zero attached hydrogens (tertiary/aromatic N) is 3. The molecule has 3 rings (SSSR count). The lowest BCUT2D eigenvalue weighted by Gasteiger charge is -2.04. The number of hydrogen-bond donors (Lipinski definition) is 2. The van der Waals surface area contributed by atoms with Gasteiger partial charge in [-0.1, -0.05) is 5.16 Å². The SMILES string of the molecule is Cn1nc(OCc2c(-c3ccc(F)cc3)noc2CO)cc1C(N)=O. The van der Waals surface area contributed by atoms with Crippen LogP contribution >= 0.6 is 0 Å². The molecule has 3 aromatic rings. The Morgan fingerprint density at radius 2 is 2.12 bits per heavy atom. The summed E-state index contributed by atoms with van der Waals surface area (Å²) < 4.78 is 25.1. The fraction of sp³-hybridized carbons (Fsp3) is 0.188. The molecular formula is C16H15FN4O4. The Morgan fingerprint density at radius 1 is 1.40 bits per heavy atom. The van der Waals surface area contributed by atoms with Crippen LogP contribution in [0.5, 0.6) is 5.88 Å². The van der Waals surface area contributed by atoms with Crippen molar-refractivity contribution in [3.8, 4) is 17.1 Å². The number of ether oxygens (including phenoxy) is 1. The molecule has 0 saturated carbocycles. The highest BCUT2D eigenvalue weighted by molar-refractivity contribution is 5.91. The van der Waals surface area contributed by atoms with Gasteiger partial charge in [0.25, 0.3) is 5.91 Å². The zero-order valence-electron chi connectivity index (χ0n) is 13.3. The maximum atomic E-state index is 13.1. The van der Waals surface area contributed by atoms with E-state index in [1.807, 2.05) is 0 Å². The molecule has 0 fully saturated rings. The Hall–Kier alpha value is -3.20. The van der Waals surface area contributed by atoms with Gasteiger partial charge in [-0.15, -0.1) is 5.10 Å². The summed E-state index contributed by atoms with van der Waals surface area (Å²) in [5.74, 6) is -0.588. The van der Waals surface area contributed by atoms with E-state index in [2.05, 4.69) is 10.3 Å². The molecule has 3 N–H and O–H groups in total. The molecule has 0 aliphatic rings. The Kier molecular flexibility index (Phi) is 4.48. The largest absolute Gasteiger partial charge is 0.471 e. The lowest BCUT2D eigenvalue weighted by Crippen LogP contribution is -2.15. The third kappa shape index (κ3) is 3.36. The minimum absolute atomic E-state index is 0.0126. The summed E-state index contributed by atoms with van der Waals surface area (Å²) in [5.41, 5.74) is 6.97. The van der Waals surface area contributed by atoms with Gasteiger partial charge in [0.1, 0.15) is 30.4 Å². The molecule has 0 aliphatic carbocycles. The first-order chi connectivity index (χ1) is 12.0. The number of aryl methyl sites for hydroxylation is 1. The smallest absolute Gasteiger partial charge is 0.267 e. The summed E-state index contributed by atoms with van der Waals surface area (Å²) in [7, 11) is 1.56. The topological polar surface area (TPSA) is 116 Å². The minimum atomic E-state index is -0.627. The first-order valence-electron chi connectivity index (χ1n) is 7.30. The molecule has 9 heteroatoms. The van der Waals surface area contributed by atoms with Crippen molar-refractivity contribution in [3.63, 3.8) is 0 Å². The number of rotatable bonds is 6. The second kappa shape index (κ2) is 6.73. The van der Waals surface area contributed by atoms with E-state index in [4.69, 9.17) is 15.0 Å². The van der Waals surface area contributed by atoms with E-state index < -0.39 is 5.91 Å². The third-order valence-electron chi connectivity index (χ3n) is 3.61. The monoisotopic (exact) mass is 346 g/mol. The molecule has 130 valence electrons. The van der Waals surface area contributed by atoms with Crippen LogP contribution in [0.2, 0.25) is 0 Å². The minimum Gasteiger partial charge on any atom is -0.471 e. The van der Waals surface area contributed by atoms with Crippen molar-refractivity contribution < 1.29 is 23.6 Å². The lowest BCUT2D eigenvalue weighted by molar-refractivity contribution is 0.0991. The summed E-state index contributed by atoms with van der Waals surface area (Å²) in [4.78, 5) is 11.3. The van der Waals surface area contributed by atoms with Crippen LogP contribution in [0.25, 0.3) is 11.3 Å². The quantitative estimate of drug-likeness (QED) is 0.696. The molecule has 0 atom stereocenters. The van der Waals surface area contributed by atoms with E-state index >= 15 is 0 Å². The second-order valence-electron chi connectivity index (χ2n) is 5.24. The van der Waals surface area contributed by atoms with Gasteiger partial charge in [-0.25, -0.2) is 4.39 Å². The van der Waals surface area contributed by atoms with Gasteiger partial charge in [-0.3, -0.25) is 9.48 Å². The number of halogens is 1. The van der Waals surface area contributed by atoms with Gasteiger partial charge in [-0.2, -0.15) is 0 Å². The van der Waals surface area contributed by atoms with Crippen molar-refractivity contribution in [2.24, 2.45) is 12.8 Å². The molecule has 0 bridgehead atoms. The molecule has 2 heterocycles. The summed E-state index contributed by atoms with van der Waals surface area (Å²) >= 11 is 0. The van der Waals surface area contributed by atoms with Gasteiger partial charge in [0, 0.05) is 18.7 Å². The van der Waals surface area contributed by atoms with Crippen molar-refractivity contribution in [1.82, 2.24) is 14.9 Å². The molecule has 2 aromatic heterocycles. The summed E-state index contributed by atoms with van der Waals surface area (Å²) in [6.45, 7) is -0.386. The van der Waals surface area contributed by atoms with Gasteiger partial charge >= 0.3 is 0 Å². The standard InChI is InChI=1S/C16H15FN4O4/c1-21-12(16(18)23)6-14(19-21)24-8-11-13(7-22)25-20-15(11)9-2-4-10(17)5-3-9/h2-6,22H,7-8H2,1H3,(H2,18,23). The van der Waals surface area contributed by atoms with Crippen molar-refractivity contribution in [3.05, 3.63) is 53.2 Å². The zero-order chi connectivity index (χ0) is 18.0. The molecule has 8 nitrogen and oxygen atoms in total. The van der Waals surface area contributed by atoms with Crippen molar-refractivity contribution >= 4 is 5.91 Å². The number of aromatic nitrogens is 3. The van der Waals surface area contributed by atoms with Crippen LogP contribution in [0, 0.1) is 5.82 Å². The fourth-order valence-corrected chi connectivity index (χ4v) is 2.34. The molecule has 0 spiro atoms. The predicted octanol–water partition coefficient (Wildman–Crippen LogP) is 1.38. The van der Waals surface area contributed by atoms with E-state index in [1.165, 1.54) is 22.9 Å². The molecule has 1 aromatic carbocycles. The number of benzene rings is 1. The van der Waals surface area contributed by atoms with E-state index in [9.17, 15) is 14.3 Å². The van der Waals surface area contributed by atoms with Crippen LogP contribution in [0.4, 0.5) is 4.39 Å². The van der Waals surface area contributed by atoms with Gasteiger partial charge in [0.2, 0.25) is 5.88 Å². The normalized spacial score (nSPS) is 10.8. The van der Waals surface area contributed by atoms with Gasteiger partial charge in [0.15, 0.2) is 5.76 Å². The van der Waals surface area contributed by atoms with Crippen molar-refractivity contribution in [2.45, 2.75) is 13.2 Å². The number of nitrogens with two attached hydrogens (primary N) is 1. The van der Waals surface area contributed by atoms with Crippen LogP contribution < -0.4 is 10.5 Å². The number of amides is 1. The highest BCUT2D eigenvalue weighted by atomic mass is 19.1. The molecular weight excluding hydrogens is 331 g/mol. The fourth-order valence-electron chi connectivity index (χ4n) is 2.34. The van der Waals surface area contributed by atoms with Crippen LogP contribution in [0.1, 0.15) is 21.8 Å². The van der Waals surface area contributed by atoms with Crippen LogP contribution in [-0.2, 0) is 20.3 Å². The molecule has 0 radical (unpaired) electrons. The molecule has 25 heavy (non-hydrogen) atoms. The molecule has 0 saturated heterocycles. The van der Waals surface area contributed by atoms with Gasteiger partial charge < -0.3 is 20.1 Å². The summed E-state index contributed by atoms with van der Waals surface area (Å²) in [6, 6.07) is 7.09. The van der Waals surface area contributed by atoms with E-state index in [-0.39, 0.29) is 36.4 Å². The Morgan fingerprint density at radius 3 is 2.72 bits per heavy atom. The Balaban J connectivity index is 1.86. The zero-order valence-corrected chi connectivity index (χ0v) is 13.3. The first-order valence-corrected chi connectivity index (χ1v) is 7.30. The van der Waals surface area contributed by atoms with E-state index in [1.54, 1.807) is 19.2 Å². The first kappa shape index (κ1) is 16.7. The number of carbonyl (C=O) groups is 1. The number of aliphatic hydroxyl groups excluding tert-OH is 1. The van der Waals surface area contributed by atoms with Gasteiger partial charge in [-0.05, 0) is 24.3 Å². The van der Waals surface area contributed by atoms with Gasteiger partial charge in [0.05, 0.1) is 5.56 Å². The molecule has 0 aliphatic heterocycles. The highest BCUT2D eigenvalue weighted by Gasteiger charge is 2.19. The van der Waals surface area contributed by atoms with E-state index in [0.717, 1.165) is 0 Å². The number of carbonyl (C=O) groups excluding carboxylic acids is 1. The van der Waals surface area contributed by atoms with E-state index in [0.29, 0.717) is 16.8 Å². The summed E-state index contributed by atoms with van der Waals surface area (Å²) in [5, 5.41) is 17.4. The highest BCUT2D eigenvalue weighted by Crippen LogP contribution is 2.27. The maximum absolute atomic E-state index is 13.1. The predicted molar refractivity (Wildman–Crippen MR) is 83.9 cm³/mol. The van der Waals surface area contributed by atoms with Crippen LogP contribution in [-0.4, -0.2) is 26.0 Å². The van der Waals surface area contributed by atoms with Crippen LogP contribution in [0.15, 0.2) is 34.9 Å². The average molecular weight is 346 g/mol. The number of hydrogen-bond acceptors (Lipinski definition) is 6. The molecule has 1 amide bonds. The second-order valence-corrected chi connectivity index (χ2v) is 5.24. The number of aliphatic hydroxyl groups is 1.